The van der Waals surface area contributed by atoms with Gasteiger partial charge in [0, 0.05) is 43.2 Å². The lowest BCUT2D eigenvalue weighted by atomic mass is 10.0. The molecule has 0 spiro atoms. The summed E-state index contributed by atoms with van der Waals surface area (Å²) in [6.45, 7) is 4.03. The number of anilines is 1. The Labute approximate surface area is 195 Å². The summed E-state index contributed by atoms with van der Waals surface area (Å²) in [5, 5.41) is 13.4. The van der Waals surface area contributed by atoms with Crippen LogP contribution < -0.4 is 5.32 Å². The number of carbonyl (C=O) groups excluding carboxylic acids is 1. The monoisotopic (exact) mass is 530 g/mol. The van der Waals surface area contributed by atoms with Gasteiger partial charge in [-0.2, -0.15) is 23.4 Å². The second-order valence-corrected chi connectivity index (χ2v) is 9.67. The highest BCUT2D eigenvalue weighted by molar-refractivity contribution is 9.10. The summed E-state index contributed by atoms with van der Waals surface area (Å²) in [7, 11) is 3.42. The van der Waals surface area contributed by atoms with Crippen molar-refractivity contribution in [3.8, 4) is 0 Å². The van der Waals surface area contributed by atoms with E-state index in [9.17, 15) is 18.0 Å². The zero-order chi connectivity index (χ0) is 23.4. The van der Waals surface area contributed by atoms with Crippen LogP contribution in [-0.4, -0.2) is 43.6 Å². The predicted molar refractivity (Wildman–Crippen MR) is 119 cm³/mol. The molecule has 0 saturated heterocycles. The van der Waals surface area contributed by atoms with E-state index in [1.807, 2.05) is 26.3 Å². The smallest absolute Gasteiger partial charge is 0.362 e. The minimum atomic E-state index is -4.51. The van der Waals surface area contributed by atoms with Crippen LogP contribution in [0.3, 0.4) is 0 Å². The van der Waals surface area contributed by atoms with E-state index in [-0.39, 0.29) is 29.0 Å². The van der Waals surface area contributed by atoms with Gasteiger partial charge in [0.15, 0.2) is 11.7 Å². The number of carbonyl (C=O) groups is 1. The van der Waals surface area contributed by atoms with E-state index in [4.69, 9.17) is 0 Å². The van der Waals surface area contributed by atoms with E-state index >= 15 is 0 Å². The molecule has 0 saturated carbocycles. The van der Waals surface area contributed by atoms with Gasteiger partial charge in [-0.05, 0) is 41.2 Å². The average molecular weight is 531 g/mol. The summed E-state index contributed by atoms with van der Waals surface area (Å²) >= 11 is 4.72. The van der Waals surface area contributed by atoms with E-state index in [2.05, 4.69) is 31.4 Å². The molecule has 172 valence electrons. The second kappa shape index (κ2) is 8.22. The number of nitrogens with zero attached hydrogens (tertiary/aromatic N) is 5. The van der Waals surface area contributed by atoms with Crippen molar-refractivity contribution in [2.75, 3.05) is 12.4 Å². The minimum Gasteiger partial charge on any atom is -0.362 e. The minimum absolute atomic E-state index is 0.0599. The molecule has 3 aromatic rings. The topological polar surface area (TPSA) is 68.0 Å². The fourth-order valence-electron chi connectivity index (χ4n) is 3.94. The molecule has 3 aromatic heterocycles. The van der Waals surface area contributed by atoms with Gasteiger partial charge in [0.1, 0.15) is 5.82 Å². The number of hydrogen-bond acceptors (Lipinski definition) is 5. The van der Waals surface area contributed by atoms with Crippen LogP contribution in [0.1, 0.15) is 50.8 Å². The molecule has 1 amide bonds. The summed E-state index contributed by atoms with van der Waals surface area (Å²) in [6, 6.07) is 1.24. The lowest BCUT2D eigenvalue weighted by molar-refractivity contribution is -0.173. The highest BCUT2D eigenvalue weighted by Gasteiger charge is 2.48. The zero-order valence-corrected chi connectivity index (χ0v) is 20.3. The van der Waals surface area contributed by atoms with Gasteiger partial charge in [0.05, 0.1) is 16.2 Å². The first-order chi connectivity index (χ1) is 15.0. The molecule has 0 bridgehead atoms. The van der Waals surface area contributed by atoms with E-state index in [0.717, 1.165) is 26.5 Å². The van der Waals surface area contributed by atoms with Gasteiger partial charge in [0.2, 0.25) is 0 Å². The van der Waals surface area contributed by atoms with Gasteiger partial charge in [-0.1, -0.05) is 6.07 Å². The molecule has 0 radical (unpaired) electrons. The molecular weight excluding hydrogens is 509 g/mol. The fourth-order valence-corrected chi connectivity index (χ4v) is 5.27. The van der Waals surface area contributed by atoms with Gasteiger partial charge in [-0.25, -0.2) is 4.68 Å². The summed E-state index contributed by atoms with van der Waals surface area (Å²) in [6.07, 6.45) is -4.71. The van der Waals surface area contributed by atoms with Crippen molar-refractivity contribution in [2.24, 2.45) is 7.05 Å². The number of amides is 1. The van der Waals surface area contributed by atoms with Crippen LogP contribution in [0.4, 0.5) is 19.0 Å². The first kappa shape index (κ1) is 22.8. The summed E-state index contributed by atoms with van der Waals surface area (Å²) in [5.74, 6) is -0.320. The number of halogens is 4. The second-order valence-electron chi connectivity index (χ2n) is 7.90. The van der Waals surface area contributed by atoms with Crippen molar-refractivity contribution < 1.29 is 18.0 Å². The standard InChI is InChI=1S/C20H22BrF3N6OS/c1-10-12(11(2)29(4)26-10)9-28(3)19(31)17-16(21)18-25-13(14-6-5-7-32-14)8-15(20(22,23)24)30(18)27-17/h5-7,13,15,25H,8-9H2,1-4H3/t13-,15+/m1/s1. The number of aryl methyl sites for hydroxylation is 2. The van der Waals surface area contributed by atoms with Gasteiger partial charge in [-0.15, -0.1) is 11.3 Å². The predicted octanol–water partition coefficient (Wildman–Crippen LogP) is 4.99. The Bertz CT molecular complexity index is 1150. The Hall–Kier alpha value is -2.34. The number of hydrogen-bond donors (Lipinski definition) is 1. The molecule has 1 aliphatic rings. The molecule has 0 unspecified atom stereocenters. The van der Waals surface area contributed by atoms with Crippen LogP contribution in [-0.2, 0) is 13.6 Å². The molecule has 0 fully saturated rings. The molecule has 1 N–H and O–H groups in total. The third kappa shape index (κ3) is 3.94. The molecule has 1 aliphatic heterocycles. The van der Waals surface area contributed by atoms with E-state index in [1.165, 1.54) is 16.2 Å². The van der Waals surface area contributed by atoms with Gasteiger partial charge in [0.25, 0.3) is 5.91 Å². The molecular formula is C20H22BrF3N6OS. The van der Waals surface area contributed by atoms with Crippen LogP contribution in [0, 0.1) is 13.8 Å². The van der Waals surface area contributed by atoms with Crippen LogP contribution in [0.15, 0.2) is 22.0 Å². The molecule has 4 heterocycles. The lowest BCUT2D eigenvalue weighted by Crippen LogP contribution is -2.35. The van der Waals surface area contributed by atoms with Crippen molar-refractivity contribution in [1.82, 2.24) is 24.5 Å². The van der Waals surface area contributed by atoms with E-state index in [0.29, 0.717) is 0 Å². The maximum Gasteiger partial charge on any atom is 0.410 e. The quantitative estimate of drug-likeness (QED) is 0.515. The van der Waals surface area contributed by atoms with Crippen LogP contribution in [0.25, 0.3) is 0 Å². The summed E-state index contributed by atoms with van der Waals surface area (Å²) in [4.78, 5) is 15.4. The Morgan fingerprint density at radius 2 is 2.09 bits per heavy atom. The maximum atomic E-state index is 13.9. The molecule has 0 aliphatic carbocycles. The Kier molecular flexibility index (Phi) is 5.86. The van der Waals surface area contributed by atoms with Gasteiger partial charge >= 0.3 is 6.18 Å². The number of alkyl halides is 3. The third-order valence-corrected chi connectivity index (χ3v) is 7.52. The first-order valence-corrected chi connectivity index (χ1v) is 11.6. The highest BCUT2D eigenvalue weighted by Crippen LogP contribution is 2.47. The van der Waals surface area contributed by atoms with E-state index in [1.54, 1.807) is 23.9 Å². The largest absolute Gasteiger partial charge is 0.410 e. The van der Waals surface area contributed by atoms with Crippen molar-refractivity contribution in [3.63, 3.8) is 0 Å². The summed E-state index contributed by atoms with van der Waals surface area (Å²) < 4.78 is 44.6. The Morgan fingerprint density at radius 3 is 2.66 bits per heavy atom. The normalized spacial score (nSPS) is 18.4. The van der Waals surface area contributed by atoms with Crippen molar-refractivity contribution in [1.29, 1.82) is 0 Å². The number of thiophene rings is 1. The number of fused-ring (bicyclic) bond motifs is 1. The van der Waals surface area contributed by atoms with Gasteiger partial charge < -0.3 is 10.2 Å². The maximum absolute atomic E-state index is 13.9. The van der Waals surface area contributed by atoms with Crippen LogP contribution >= 0.6 is 27.3 Å². The number of aromatic nitrogens is 4. The first-order valence-electron chi connectivity index (χ1n) is 9.88. The number of rotatable bonds is 4. The molecule has 0 aromatic carbocycles. The average Bonchev–Trinajstić information content (AvgIpc) is 3.42. The fraction of sp³-hybridized carbons (Fsp3) is 0.450. The van der Waals surface area contributed by atoms with Crippen LogP contribution in [0.2, 0.25) is 0 Å². The SMILES string of the molecule is Cc1nn(C)c(C)c1CN(C)C(=O)c1nn2c(c1Br)N[C@@H](c1cccs1)C[C@H]2C(F)(F)F. The Morgan fingerprint density at radius 1 is 1.38 bits per heavy atom. The van der Waals surface area contributed by atoms with Gasteiger partial charge in [-0.3, -0.25) is 9.48 Å². The lowest BCUT2D eigenvalue weighted by Gasteiger charge is -2.33. The Balaban J connectivity index is 1.67. The highest BCUT2D eigenvalue weighted by atomic mass is 79.9. The zero-order valence-electron chi connectivity index (χ0n) is 17.9. The number of nitrogens with one attached hydrogen (secondary N) is 1. The third-order valence-electron chi connectivity index (χ3n) is 5.79. The van der Waals surface area contributed by atoms with E-state index < -0.39 is 24.2 Å². The van der Waals surface area contributed by atoms with Crippen molar-refractivity contribution in [3.05, 3.63) is 49.5 Å². The molecule has 12 heteroatoms. The molecule has 4 rings (SSSR count). The van der Waals surface area contributed by atoms with Crippen molar-refractivity contribution >= 4 is 39.0 Å². The molecule has 7 nitrogen and oxygen atoms in total. The molecule has 2 atom stereocenters. The van der Waals surface area contributed by atoms with Crippen LogP contribution in [0.5, 0.6) is 0 Å². The van der Waals surface area contributed by atoms with Crippen molar-refractivity contribution in [2.45, 2.75) is 45.1 Å². The molecule has 32 heavy (non-hydrogen) atoms. The summed E-state index contributed by atoms with van der Waals surface area (Å²) in [5.41, 5.74) is 2.55.